The lowest BCUT2D eigenvalue weighted by Gasteiger charge is -2.51. The van der Waals surface area contributed by atoms with E-state index in [2.05, 4.69) is 38.5 Å². The van der Waals surface area contributed by atoms with Gasteiger partial charge in [0.25, 0.3) is 0 Å². The number of phenols is 1. The monoisotopic (exact) mass is 467 g/mol. The van der Waals surface area contributed by atoms with E-state index in [1.807, 2.05) is 24.3 Å². The first kappa shape index (κ1) is 22.9. The van der Waals surface area contributed by atoms with E-state index in [1.165, 1.54) is 11.1 Å². The fourth-order valence-electron chi connectivity index (χ4n) is 7.15. The number of aryl methyl sites for hydroxylation is 1. The minimum atomic E-state index is -3.56. The number of rotatable bonds is 3. The topological polar surface area (TPSA) is 66.4 Å². The lowest BCUT2D eigenvalue weighted by molar-refractivity contribution is 0.0462. The first-order valence-electron chi connectivity index (χ1n) is 12.4. The first-order chi connectivity index (χ1) is 15.5. The minimum absolute atomic E-state index is 0.00211. The van der Waals surface area contributed by atoms with Gasteiger partial charge in [-0.15, -0.1) is 0 Å². The average molecular weight is 468 g/mol. The van der Waals surface area contributed by atoms with Gasteiger partial charge in [0.15, 0.2) is 0 Å². The lowest BCUT2D eigenvalue weighted by Crippen LogP contribution is -2.50. The van der Waals surface area contributed by atoms with Crippen LogP contribution >= 0.6 is 0 Å². The molecule has 178 valence electrons. The normalized spacial score (nSPS) is 31.5. The summed E-state index contributed by atoms with van der Waals surface area (Å²) in [6, 6.07) is 13.3. The van der Waals surface area contributed by atoms with Gasteiger partial charge in [0.2, 0.25) is 10.0 Å². The van der Waals surface area contributed by atoms with Crippen LogP contribution in [0.4, 0.5) is 0 Å². The molecule has 33 heavy (non-hydrogen) atoms. The summed E-state index contributed by atoms with van der Waals surface area (Å²) in [7, 11) is -3.56. The van der Waals surface area contributed by atoms with E-state index in [-0.39, 0.29) is 16.9 Å². The molecule has 3 unspecified atom stereocenters. The molecular weight excluding hydrogens is 430 g/mol. The summed E-state index contributed by atoms with van der Waals surface area (Å²) in [6.45, 7) is 8.73. The van der Waals surface area contributed by atoms with Crippen molar-refractivity contribution in [3.8, 4) is 5.75 Å². The maximum absolute atomic E-state index is 13.3. The Bertz CT molecular complexity index is 1150. The van der Waals surface area contributed by atoms with Crippen LogP contribution in [0.25, 0.3) is 0 Å². The zero-order chi connectivity index (χ0) is 23.6. The molecule has 0 heterocycles. The summed E-state index contributed by atoms with van der Waals surface area (Å²) < 4.78 is 29.7. The molecule has 0 amide bonds. The maximum Gasteiger partial charge on any atom is 0.240 e. The first-order valence-corrected chi connectivity index (χ1v) is 13.9. The second-order valence-corrected chi connectivity index (χ2v) is 13.6. The number of nitrogens with one attached hydrogen (secondary N) is 1. The van der Waals surface area contributed by atoms with E-state index in [4.69, 9.17) is 0 Å². The highest BCUT2D eigenvalue weighted by Gasteiger charge is 2.55. The zero-order valence-corrected chi connectivity index (χ0v) is 21.1. The molecule has 2 aromatic rings. The number of hydrogen-bond acceptors (Lipinski definition) is 3. The van der Waals surface area contributed by atoms with Gasteiger partial charge in [0, 0.05) is 6.04 Å². The molecule has 2 N–H and O–H groups in total. The van der Waals surface area contributed by atoms with Gasteiger partial charge in [-0.2, -0.15) is 0 Å². The summed E-state index contributed by atoms with van der Waals surface area (Å²) in [6.07, 6.45) is 6.26. The van der Waals surface area contributed by atoms with Crippen LogP contribution in [0.15, 0.2) is 47.4 Å². The van der Waals surface area contributed by atoms with E-state index in [9.17, 15) is 13.5 Å². The third kappa shape index (κ3) is 3.91. The summed E-state index contributed by atoms with van der Waals surface area (Å²) in [5, 5.41) is 9.90. The van der Waals surface area contributed by atoms with Crippen molar-refractivity contribution >= 4 is 10.0 Å². The highest BCUT2D eigenvalue weighted by atomic mass is 32.2. The molecule has 5 heteroatoms. The van der Waals surface area contributed by atoms with Crippen molar-refractivity contribution in [1.29, 1.82) is 0 Å². The van der Waals surface area contributed by atoms with Gasteiger partial charge in [-0.25, -0.2) is 13.1 Å². The fraction of sp³-hybridized carbons (Fsp3) is 0.571. The Hall–Kier alpha value is -1.85. The van der Waals surface area contributed by atoms with Crippen molar-refractivity contribution in [2.45, 2.75) is 88.5 Å². The van der Waals surface area contributed by atoms with E-state index in [0.717, 1.165) is 44.1 Å². The molecule has 4 nitrogen and oxygen atoms in total. The predicted octanol–water partition coefficient (Wildman–Crippen LogP) is 5.89. The van der Waals surface area contributed by atoms with Crippen LogP contribution in [0.1, 0.15) is 82.4 Å². The largest absolute Gasteiger partial charge is 0.508 e. The van der Waals surface area contributed by atoms with Gasteiger partial charge < -0.3 is 5.11 Å². The maximum atomic E-state index is 13.3. The Morgan fingerprint density at radius 2 is 1.73 bits per heavy atom. The van der Waals surface area contributed by atoms with Crippen molar-refractivity contribution < 1.29 is 13.5 Å². The van der Waals surface area contributed by atoms with E-state index in [0.29, 0.717) is 28.4 Å². The summed E-state index contributed by atoms with van der Waals surface area (Å²) in [5.41, 5.74) is 3.84. The SMILES string of the molecule is CC(C)(C)c1ccc(S(=O)(=O)N[C@H]2CCC3C4CCc5cc(O)ccc5C4CC[C@@]32C)cc1. The van der Waals surface area contributed by atoms with E-state index in [1.54, 1.807) is 12.1 Å². The van der Waals surface area contributed by atoms with Crippen molar-refractivity contribution in [1.82, 2.24) is 4.72 Å². The number of sulfonamides is 1. The molecule has 5 rings (SSSR count). The molecule has 2 fully saturated rings. The Labute approximate surface area is 198 Å². The van der Waals surface area contributed by atoms with Gasteiger partial charge >= 0.3 is 0 Å². The quantitative estimate of drug-likeness (QED) is 0.591. The summed E-state index contributed by atoms with van der Waals surface area (Å²) in [4.78, 5) is 0.364. The van der Waals surface area contributed by atoms with Gasteiger partial charge in [0.05, 0.1) is 4.90 Å². The molecule has 3 aliphatic rings. The van der Waals surface area contributed by atoms with Crippen LogP contribution in [0.3, 0.4) is 0 Å². The number of aromatic hydroxyl groups is 1. The molecule has 2 aromatic carbocycles. The van der Waals surface area contributed by atoms with E-state index >= 15 is 0 Å². The lowest BCUT2D eigenvalue weighted by atomic mass is 9.55. The van der Waals surface area contributed by atoms with Gasteiger partial charge in [-0.1, -0.05) is 45.9 Å². The molecule has 0 aliphatic heterocycles. The van der Waals surface area contributed by atoms with Crippen LogP contribution in [0.5, 0.6) is 5.75 Å². The number of benzene rings is 2. The van der Waals surface area contributed by atoms with Gasteiger partial charge in [-0.05, 0) is 108 Å². The number of hydrogen-bond donors (Lipinski definition) is 2. The molecular formula is C28H37NO3S. The number of phenolic OH excluding ortho intramolecular Hbond substituents is 1. The minimum Gasteiger partial charge on any atom is -0.508 e. The molecule has 0 spiro atoms. The Kier molecular flexibility index (Phi) is 5.45. The average Bonchev–Trinajstić information content (AvgIpc) is 3.08. The molecule has 0 radical (unpaired) electrons. The predicted molar refractivity (Wildman–Crippen MR) is 132 cm³/mol. The summed E-state index contributed by atoms with van der Waals surface area (Å²) >= 11 is 0. The van der Waals surface area contributed by atoms with Crippen molar-refractivity contribution in [3.63, 3.8) is 0 Å². The second kappa shape index (κ2) is 7.84. The highest BCUT2D eigenvalue weighted by molar-refractivity contribution is 7.89. The number of fused-ring (bicyclic) bond motifs is 5. The van der Waals surface area contributed by atoms with Crippen LogP contribution in [0.2, 0.25) is 0 Å². The van der Waals surface area contributed by atoms with Gasteiger partial charge in [0.1, 0.15) is 5.75 Å². The van der Waals surface area contributed by atoms with Crippen LogP contribution < -0.4 is 4.72 Å². The Balaban J connectivity index is 1.36. The molecule has 0 bridgehead atoms. The van der Waals surface area contributed by atoms with Crippen molar-refractivity contribution in [2.24, 2.45) is 17.3 Å². The smallest absolute Gasteiger partial charge is 0.240 e. The molecule has 2 saturated carbocycles. The van der Waals surface area contributed by atoms with Crippen molar-refractivity contribution in [3.05, 3.63) is 59.2 Å². The van der Waals surface area contributed by atoms with Gasteiger partial charge in [-0.3, -0.25) is 0 Å². The molecule has 0 aromatic heterocycles. The molecule has 5 atom stereocenters. The highest BCUT2D eigenvalue weighted by Crippen LogP contribution is 2.61. The molecule has 0 saturated heterocycles. The van der Waals surface area contributed by atoms with Crippen molar-refractivity contribution in [2.75, 3.05) is 0 Å². The second-order valence-electron chi connectivity index (χ2n) is 11.9. The van der Waals surface area contributed by atoms with Crippen LogP contribution in [-0.4, -0.2) is 19.6 Å². The van der Waals surface area contributed by atoms with Crippen LogP contribution in [-0.2, 0) is 21.9 Å². The van der Waals surface area contributed by atoms with Crippen LogP contribution in [0, 0.1) is 17.3 Å². The third-order valence-corrected chi connectivity index (χ3v) is 10.5. The fourth-order valence-corrected chi connectivity index (χ4v) is 8.54. The standard InChI is InChI=1S/C28H37NO3S/c1-27(2,3)19-6-9-21(10-7-19)33(31,32)29-26-14-13-25-24-11-5-18-17-20(30)8-12-22(18)23(24)15-16-28(25,26)4/h6-10,12,17,23-26,29-30H,5,11,13-16H2,1-4H3/t23?,24?,25?,26-,28-/m0/s1. The Morgan fingerprint density at radius 3 is 2.42 bits per heavy atom. The zero-order valence-electron chi connectivity index (χ0n) is 20.3. The van der Waals surface area contributed by atoms with E-state index < -0.39 is 10.0 Å². The molecule has 3 aliphatic carbocycles. The Morgan fingerprint density at radius 1 is 1.00 bits per heavy atom. The summed E-state index contributed by atoms with van der Waals surface area (Å²) in [5.74, 6) is 2.03. The third-order valence-electron chi connectivity index (χ3n) is 9.04.